The fourth-order valence-corrected chi connectivity index (χ4v) is 2.81. The number of hydrogen-bond donors (Lipinski definition) is 0. The minimum Gasteiger partial charge on any atom is -0.464 e. The lowest BCUT2D eigenvalue weighted by Crippen LogP contribution is -2.35. The molecule has 1 heterocycles. The third-order valence-electron chi connectivity index (χ3n) is 2.88. The number of thiocarbonyl (C=S) groups is 1. The molecule has 122 valence electrons. The Hall–Kier alpha value is -1.97. The fourth-order valence-electron chi connectivity index (χ4n) is 1.91. The summed E-state index contributed by atoms with van der Waals surface area (Å²) in [4.78, 5) is 42.5. The number of carbonyl (C=O) groups excluding carboxylic acids is 3. The third kappa shape index (κ3) is 3.52. The zero-order chi connectivity index (χ0) is 17.0. The Labute approximate surface area is 142 Å². The molecule has 0 unspecified atom stereocenters. The van der Waals surface area contributed by atoms with Crippen molar-refractivity contribution in [3.05, 3.63) is 24.3 Å². The van der Waals surface area contributed by atoms with Crippen molar-refractivity contribution in [2.24, 2.45) is 0 Å². The molecule has 2 rings (SSSR count). The van der Waals surface area contributed by atoms with E-state index in [1.54, 1.807) is 19.1 Å². The van der Waals surface area contributed by atoms with Gasteiger partial charge in [-0.15, -0.1) is 11.8 Å². The molecule has 1 aliphatic heterocycles. The molecule has 1 aromatic rings. The Morgan fingerprint density at radius 2 is 1.96 bits per heavy atom. The Balaban J connectivity index is 2.21. The summed E-state index contributed by atoms with van der Waals surface area (Å²) in [6.07, 6.45) is 1.85. The van der Waals surface area contributed by atoms with Crippen LogP contribution in [0.25, 0.3) is 0 Å². The molecule has 0 saturated carbocycles. The summed E-state index contributed by atoms with van der Waals surface area (Å²) in [6, 6.07) is 7.04. The molecule has 1 aromatic carbocycles. The number of hydrogen-bond acceptors (Lipinski definition) is 7. The highest BCUT2D eigenvalue weighted by Crippen LogP contribution is 2.31. The predicted octanol–water partition coefficient (Wildman–Crippen LogP) is 1.36. The van der Waals surface area contributed by atoms with Crippen LogP contribution in [0.2, 0.25) is 0 Å². The maximum absolute atomic E-state index is 12.2. The van der Waals surface area contributed by atoms with Crippen molar-refractivity contribution in [3.8, 4) is 0 Å². The van der Waals surface area contributed by atoms with Crippen molar-refractivity contribution in [2.45, 2.75) is 11.8 Å². The van der Waals surface area contributed by atoms with Crippen molar-refractivity contribution in [2.75, 3.05) is 24.4 Å². The van der Waals surface area contributed by atoms with Crippen LogP contribution in [0.3, 0.4) is 0 Å². The number of carbonyl (C=O) groups is 3. The first-order valence-corrected chi connectivity index (χ1v) is 8.28. The molecule has 0 spiro atoms. The molecule has 0 N–H and O–H groups in total. The number of para-hydroxylation sites is 1. The van der Waals surface area contributed by atoms with E-state index in [1.807, 2.05) is 18.4 Å². The van der Waals surface area contributed by atoms with Crippen molar-refractivity contribution >= 4 is 52.6 Å². The monoisotopic (exact) mass is 354 g/mol. The van der Waals surface area contributed by atoms with Crippen molar-refractivity contribution in [3.63, 3.8) is 0 Å². The highest BCUT2D eigenvalue weighted by atomic mass is 32.2. The number of nitrogens with zero attached hydrogens (tertiary/aromatic N) is 2. The Morgan fingerprint density at radius 1 is 1.26 bits per heavy atom. The van der Waals surface area contributed by atoms with Gasteiger partial charge >= 0.3 is 17.8 Å². The molecular weight excluding hydrogens is 340 g/mol. The van der Waals surface area contributed by atoms with Crippen LogP contribution in [0.1, 0.15) is 6.92 Å². The van der Waals surface area contributed by atoms with E-state index in [0.29, 0.717) is 10.8 Å². The summed E-state index contributed by atoms with van der Waals surface area (Å²) in [7, 11) is 0. The lowest BCUT2D eigenvalue weighted by molar-refractivity contribution is -0.174. The van der Waals surface area contributed by atoms with Crippen molar-refractivity contribution < 1.29 is 24.0 Å². The van der Waals surface area contributed by atoms with Crippen molar-refractivity contribution in [1.82, 2.24) is 5.06 Å². The van der Waals surface area contributed by atoms with Gasteiger partial charge in [-0.2, -0.15) is 5.06 Å². The third-order valence-corrected chi connectivity index (χ3v) is 4.01. The maximum atomic E-state index is 12.2. The zero-order valence-corrected chi connectivity index (χ0v) is 14.1. The molecule has 0 bridgehead atoms. The molecule has 9 heteroatoms. The molecular formula is C14H14N2O5S2. The van der Waals surface area contributed by atoms with Gasteiger partial charge in [0.2, 0.25) is 5.11 Å². The number of thioether (sulfide) groups is 1. The highest BCUT2D eigenvalue weighted by molar-refractivity contribution is 7.98. The molecule has 1 fully saturated rings. The van der Waals surface area contributed by atoms with Gasteiger partial charge in [-0.1, -0.05) is 12.1 Å². The smallest absolute Gasteiger partial charge is 0.343 e. The van der Waals surface area contributed by atoms with Gasteiger partial charge in [0.1, 0.15) is 0 Å². The molecule has 1 aliphatic rings. The first-order valence-electron chi connectivity index (χ1n) is 6.65. The predicted molar refractivity (Wildman–Crippen MR) is 87.7 cm³/mol. The molecule has 0 radical (unpaired) electrons. The minimum absolute atomic E-state index is 0.134. The SMILES string of the molecule is CCOC(=O)CON1C(=O)C(=O)N(c2ccccc2SC)C1=S. The summed E-state index contributed by atoms with van der Waals surface area (Å²) in [5.74, 6) is -2.44. The first kappa shape index (κ1) is 17.4. The maximum Gasteiger partial charge on any atom is 0.343 e. The molecule has 0 aliphatic carbocycles. The van der Waals surface area contributed by atoms with Crippen LogP contribution in [0.4, 0.5) is 5.69 Å². The van der Waals surface area contributed by atoms with E-state index >= 15 is 0 Å². The average Bonchev–Trinajstić information content (AvgIpc) is 2.75. The number of amides is 2. The minimum atomic E-state index is -0.949. The standard InChI is InChI=1S/C14H14N2O5S2/c1-3-20-11(17)8-21-16-13(19)12(18)15(14(16)22)9-6-4-5-7-10(9)23-2/h4-7H,3,8H2,1-2H3. The molecule has 1 saturated heterocycles. The van der Waals surface area contributed by atoms with Crippen LogP contribution in [-0.2, 0) is 24.0 Å². The topological polar surface area (TPSA) is 76.1 Å². The van der Waals surface area contributed by atoms with Gasteiger partial charge in [0.05, 0.1) is 12.3 Å². The second kappa shape index (κ2) is 7.53. The second-order valence-electron chi connectivity index (χ2n) is 4.27. The van der Waals surface area contributed by atoms with Crippen LogP contribution in [0, 0.1) is 0 Å². The van der Waals surface area contributed by atoms with Gasteiger partial charge in [-0.3, -0.25) is 14.4 Å². The summed E-state index contributed by atoms with van der Waals surface area (Å²) >= 11 is 6.56. The summed E-state index contributed by atoms with van der Waals surface area (Å²) in [5, 5.41) is 0.511. The van der Waals surface area contributed by atoms with Crippen LogP contribution in [0.5, 0.6) is 0 Å². The summed E-state index contributed by atoms with van der Waals surface area (Å²) < 4.78 is 4.70. The number of hydroxylamine groups is 2. The number of ether oxygens (including phenoxy) is 1. The quantitative estimate of drug-likeness (QED) is 0.330. The van der Waals surface area contributed by atoms with Gasteiger partial charge in [0.25, 0.3) is 0 Å². The van der Waals surface area contributed by atoms with Crippen LogP contribution < -0.4 is 4.90 Å². The molecule has 23 heavy (non-hydrogen) atoms. The molecule has 0 atom stereocenters. The first-order chi connectivity index (χ1) is 11.0. The van der Waals surface area contributed by atoms with Crippen LogP contribution in [-0.4, -0.2) is 47.4 Å². The summed E-state index contributed by atoms with van der Waals surface area (Å²) in [5.41, 5.74) is 0.491. The summed E-state index contributed by atoms with van der Waals surface area (Å²) in [6.45, 7) is 1.33. The number of esters is 1. The van der Waals surface area contributed by atoms with Gasteiger partial charge in [-0.25, -0.2) is 9.69 Å². The highest BCUT2D eigenvalue weighted by Gasteiger charge is 2.44. The molecule has 7 nitrogen and oxygen atoms in total. The fraction of sp³-hybridized carbons (Fsp3) is 0.286. The number of rotatable bonds is 6. The Morgan fingerprint density at radius 3 is 2.61 bits per heavy atom. The van der Waals surface area contributed by atoms with E-state index in [9.17, 15) is 14.4 Å². The molecule has 2 amide bonds. The second-order valence-corrected chi connectivity index (χ2v) is 5.49. The number of anilines is 1. The van der Waals surface area contributed by atoms with E-state index in [1.165, 1.54) is 11.8 Å². The Kier molecular flexibility index (Phi) is 5.69. The van der Waals surface area contributed by atoms with Gasteiger partial charge in [0, 0.05) is 4.90 Å². The normalized spacial score (nSPS) is 14.6. The van der Waals surface area contributed by atoms with Gasteiger partial charge in [0.15, 0.2) is 6.61 Å². The van der Waals surface area contributed by atoms with Crippen molar-refractivity contribution in [1.29, 1.82) is 0 Å². The van der Waals surface area contributed by atoms with Crippen LogP contribution in [0.15, 0.2) is 29.2 Å². The number of benzene rings is 1. The van der Waals surface area contributed by atoms with E-state index in [0.717, 1.165) is 9.80 Å². The zero-order valence-electron chi connectivity index (χ0n) is 12.5. The van der Waals surface area contributed by atoms with E-state index in [-0.39, 0.29) is 11.7 Å². The van der Waals surface area contributed by atoms with E-state index in [2.05, 4.69) is 0 Å². The lowest BCUT2D eigenvalue weighted by Gasteiger charge is -2.19. The van der Waals surface area contributed by atoms with Crippen LogP contribution >= 0.6 is 24.0 Å². The van der Waals surface area contributed by atoms with Gasteiger partial charge in [-0.05, 0) is 37.5 Å². The largest absolute Gasteiger partial charge is 0.464 e. The lowest BCUT2D eigenvalue weighted by atomic mass is 10.3. The molecule has 0 aromatic heterocycles. The average molecular weight is 354 g/mol. The van der Waals surface area contributed by atoms with Gasteiger partial charge < -0.3 is 4.74 Å². The van der Waals surface area contributed by atoms with E-state index < -0.39 is 24.4 Å². The van der Waals surface area contributed by atoms with E-state index in [4.69, 9.17) is 21.8 Å². The Bertz CT molecular complexity index is 664.